The summed E-state index contributed by atoms with van der Waals surface area (Å²) < 4.78 is 52.7. The van der Waals surface area contributed by atoms with Gasteiger partial charge < -0.3 is 5.32 Å². The Hall–Kier alpha value is -2.43. The lowest BCUT2D eigenvalue weighted by Crippen LogP contribution is -2.30. The summed E-state index contributed by atoms with van der Waals surface area (Å²) in [6.07, 6.45) is 0.511. The van der Waals surface area contributed by atoms with Crippen molar-refractivity contribution in [2.75, 3.05) is 15.8 Å². The number of benzene rings is 2. The molecule has 10 heteroatoms. The summed E-state index contributed by atoms with van der Waals surface area (Å²) in [4.78, 5) is 12.4. The topological polar surface area (TPSA) is 121 Å². The van der Waals surface area contributed by atoms with E-state index in [1.54, 1.807) is 45.0 Å². The predicted octanol–water partition coefficient (Wildman–Crippen LogP) is 2.78. The van der Waals surface area contributed by atoms with Crippen molar-refractivity contribution in [3.63, 3.8) is 0 Å². The van der Waals surface area contributed by atoms with E-state index in [-0.39, 0.29) is 16.7 Å². The Labute approximate surface area is 171 Å². The van der Waals surface area contributed by atoms with Crippen LogP contribution in [0.25, 0.3) is 0 Å². The van der Waals surface area contributed by atoms with Crippen LogP contribution in [0.5, 0.6) is 0 Å². The van der Waals surface area contributed by atoms with Crippen molar-refractivity contribution in [2.24, 2.45) is 0 Å². The number of anilines is 2. The highest BCUT2D eigenvalue weighted by Gasteiger charge is 2.16. The van der Waals surface area contributed by atoms with E-state index >= 15 is 0 Å². The van der Waals surface area contributed by atoms with Crippen molar-refractivity contribution in [1.82, 2.24) is 4.72 Å². The van der Waals surface area contributed by atoms with E-state index < -0.39 is 26.0 Å². The first kappa shape index (κ1) is 22.9. The molecule has 0 unspecified atom stereocenters. The van der Waals surface area contributed by atoms with Crippen LogP contribution in [0.2, 0.25) is 0 Å². The van der Waals surface area contributed by atoms with Gasteiger partial charge in [-0.2, -0.15) is 0 Å². The SMILES string of the molecule is CCCS(=O)(=O)Nc1ccc(NC(=O)c2ccc(S(=O)(=O)NC(C)C)cc2)cc1. The molecule has 2 aromatic rings. The van der Waals surface area contributed by atoms with Gasteiger partial charge in [-0.1, -0.05) is 6.92 Å². The Morgan fingerprint density at radius 3 is 1.97 bits per heavy atom. The summed E-state index contributed by atoms with van der Waals surface area (Å²) in [6, 6.07) is 11.6. The summed E-state index contributed by atoms with van der Waals surface area (Å²) in [5, 5.41) is 2.68. The molecule has 158 valence electrons. The average Bonchev–Trinajstić information content (AvgIpc) is 2.62. The maximum atomic E-state index is 12.4. The van der Waals surface area contributed by atoms with Gasteiger partial charge in [0.25, 0.3) is 5.91 Å². The highest BCUT2D eigenvalue weighted by Crippen LogP contribution is 2.17. The van der Waals surface area contributed by atoms with Crippen LogP contribution in [-0.4, -0.2) is 34.5 Å². The molecule has 0 atom stereocenters. The molecule has 0 aliphatic rings. The molecule has 3 N–H and O–H groups in total. The van der Waals surface area contributed by atoms with Crippen molar-refractivity contribution in [3.8, 4) is 0 Å². The second-order valence-corrected chi connectivity index (χ2v) is 10.3. The van der Waals surface area contributed by atoms with Crippen LogP contribution in [0.4, 0.5) is 11.4 Å². The summed E-state index contributed by atoms with van der Waals surface area (Å²) >= 11 is 0. The van der Waals surface area contributed by atoms with E-state index in [2.05, 4.69) is 14.8 Å². The number of hydrogen-bond donors (Lipinski definition) is 3. The van der Waals surface area contributed by atoms with Crippen LogP contribution in [0.3, 0.4) is 0 Å². The third-order valence-corrected chi connectivity index (χ3v) is 6.87. The summed E-state index contributed by atoms with van der Waals surface area (Å²) in [5.74, 6) is -0.380. The second-order valence-electron chi connectivity index (χ2n) is 6.75. The molecule has 0 aliphatic heterocycles. The third kappa shape index (κ3) is 6.84. The van der Waals surface area contributed by atoms with Crippen molar-refractivity contribution >= 4 is 37.3 Å². The highest BCUT2D eigenvalue weighted by molar-refractivity contribution is 7.92. The number of rotatable bonds is 9. The van der Waals surface area contributed by atoms with E-state index in [0.717, 1.165) is 0 Å². The normalized spacial score (nSPS) is 12.0. The molecule has 29 heavy (non-hydrogen) atoms. The molecule has 8 nitrogen and oxygen atoms in total. The van der Waals surface area contributed by atoms with Gasteiger partial charge in [-0.25, -0.2) is 21.6 Å². The van der Waals surface area contributed by atoms with E-state index in [1.165, 1.54) is 24.3 Å². The minimum Gasteiger partial charge on any atom is -0.322 e. The monoisotopic (exact) mass is 439 g/mol. The zero-order valence-corrected chi connectivity index (χ0v) is 18.1. The first-order valence-corrected chi connectivity index (χ1v) is 12.2. The van der Waals surface area contributed by atoms with Gasteiger partial charge in [0.15, 0.2) is 0 Å². The quantitative estimate of drug-likeness (QED) is 0.555. The molecule has 1 amide bonds. The maximum Gasteiger partial charge on any atom is 0.255 e. The van der Waals surface area contributed by atoms with Gasteiger partial charge in [-0.05, 0) is 68.8 Å². The molecule has 0 heterocycles. The lowest BCUT2D eigenvalue weighted by Gasteiger charge is -2.11. The largest absolute Gasteiger partial charge is 0.322 e. The van der Waals surface area contributed by atoms with Crippen LogP contribution in [0.1, 0.15) is 37.6 Å². The fraction of sp³-hybridized carbons (Fsp3) is 0.316. The molecule has 0 saturated heterocycles. The van der Waals surface area contributed by atoms with E-state index in [4.69, 9.17) is 0 Å². The lowest BCUT2D eigenvalue weighted by molar-refractivity contribution is 0.102. The average molecular weight is 440 g/mol. The lowest BCUT2D eigenvalue weighted by atomic mass is 10.2. The fourth-order valence-electron chi connectivity index (χ4n) is 2.49. The molecule has 0 spiro atoms. The Balaban J connectivity index is 2.05. The van der Waals surface area contributed by atoms with E-state index in [9.17, 15) is 21.6 Å². The summed E-state index contributed by atoms with van der Waals surface area (Å²) in [7, 11) is -7.00. The van der Waals surface area contributed by atoms with Crippen LogP contribution < -0.4 is 14.8 Å². The molecule has 2 rings (SSSR count). The Bertz CT molecular complexity index is 1050. The molecule has 0 saturated carbocycles. The van der Waals surface area contributed by atoms with Gasteiger partial charge in [0.2, 0.25) is 20.0 Å². The number of amides is 1. The standard InChI is InChI=1S/C19H25N3O5S2/c1-4-13-28(24,25)22-17-9-7-16(8-10-17)20-19(23)15-5-11-18(12-6-15)29(26,27)21-14(2)3/h5-12,14,21-22H,4,13H2,1-3H3,(H,20,23). The van der Waals surface area contributed by atoms with E-state index in [1.807, 2.05) is 0 Å². The van der Waals surface area contributed by atoms with Crippen molar-refractivity contribution < 1.29 is 21.6 Å². The molecular weight excluding hydrogens is 414 g/mol. The smallest absolute Gasteiger partial charge is 0.255 e. The van der Waals surface area contributed by atoms with Crippen LogP contribution in [0.15, 0.2) is 53.4 Å². The first-order chi connectivity index (χ1) is 13.5. The number of sulfonamides is 2. The molecule has 0 aromatic heterocycles. The van der Waals surface area contributed by atoms with Gasteiger partial charge in [0, 0.05) is 23.0 Å². The number of hydrogen-bond acceptors (Lipinski definition) is 5. The molecule has 0 aliphatic carbocycles. The molecule has 2 aromatic carbocycles. The minimum absolute atomic E-state index is 0.0316. The van der Waals surface area contributed by atoms with Crippen molar-refractivity contribution in [3.05, 3.63) is 54.1 Å². The van der Waals surface area contributed by atoms with Gasteiger partial charge >= 0.3 is 0 Å². The predicted molar refractivity (Wildman–Crippen MR) is 114 cm³/mol. The van der Waals surface area contributed by atoms with Crippen LogP contribution >= 0.6 is 0 Å². The van der Waals surface area contributed by atoms with Crippen molar-refractivity contribution in [1.29, 1.82) is 0 Å². The van der Waals surface area contributed by atoms with E-state index in [0.29, 0.717) is 23.4 Å². The first-order valence-electron chi connectivity index (χ1n) is 9.07. The number of carbonyl (C=O) groups excluding carboxylic acids is 1. The Morgan fingerprint density at radius 1 is 0.897 bits per heavy atom. The Kier molecular flexibility index (Phi) is 7.39. The maximum absolute atomic E-state index is 12.4. The fourth-order valence-corrected chi connectivity index (χ4v) is 4.87. The zero-order valence-electron chi connectivity index (χ0n) is 16.5. The summed E-state index contributed by atoms with van der Waals surface area (Å²) in [5.41, 5.74) is 1.18. The number of nitrogens with one attached hydrogen (secondary N) is 3. The molecular formula is C19H25N3O5S2. The van der Waals surface area contributed by atoms with Gasteiger partial charge in [0.1, 0.15) is 0 Å². The van der Waals surface area contributed by atoms with Crippen LogP contribution in [-0.2, 0) is 20.0 Å². The third-order valence-electron chi connectivity index (χ3n) is 3.71. The molecule has 0 bridgehead atoms. The number of carbonyl (C=O) groups is 1. The van der Waals surface area contributed by atoms with Crippen LogP contribution in [0, 0.1) is 0 Å². The Morgan fingerprint density at radius 2 is 1.45 bits per heavy atom. The molecule has 0 radical (unpaired) electrons. The van der Waals surface area contributed by atoms with Gasteiger partial charge in [-0.3, -0.25) is 9.52 Å². The summed E-state index contributed by atoms with van der Waals surface area (Å²) in [6.45, 7) is 5.22. The highest BCUT2D eigenvalue weighted by atomic mass is 32.2. The van der Waals surface area contributed by atoms with Gasteiger partial charge in [0.05, 0.1) is 10.6 Å². The second kappa shape index (κ2) is 9.38. The molecule has 0 fully saturated rings. The minimum atomic E-state index is -3.62. The van der Waals surface area contributed by atoms with Crippen molar-refractivity contribution in [2.45, 2.75) is 38.1 Å². The van der Waals surface area contributed by atoms with Gasteiger partial charge in [-0.15, -0.1) is 0 Å². The zero-order chi connectivity index (χ0) is 21.7.